The molecule has 1 atom stereocenters. The topological polar surface area (TPSA) is 88.6 Å². The molecule has 1 saturated heterocycles. The van der Waals surface area contributed by atoms with E-state index < -0.39 is 5.60 Å². The van der Waals surface area contributed by atoms with Gasteiger partial charge in [-0.15, -0.1) is 0 Å². The van der Waals surface area contributed by atoms with E-state index in [1.54, 1.807) is 23.4 Å². The molecule has 34 heavy (non-hydrogen) atoms. The number of piperidine rings is 1. The summed E-state index contributed by atoms with van der Waals surface area (Å²) in [6, 6.07) is 7.90. The Morgan fingerprint density at radius 1 is 1.21 bits per heavy atom. The second-order valence-electron chi connectivity index (χ2n) is 9.70. The minimum atomic E-state index is -0.464. The van der Waals surface area contributed by atoms with E-state index >= 15 is 0 Å². The molecule has 3 rings (SSSR count). The quantitative estimate of drug-likeness (QED) is 0.563. The van der Waals surface area contributed by atoms with Gasteiger partial charge in [-0.05, 0) is 77.3 Å². The molecule has 1 unspecified atom stereocenters. The predicted octanol–water partition coefficient (Wildman–Crippen LogP) is 4.23. The van der Waals surface area contributed by atoms with E-state index in [9.17, 15) is 9.18 Å². The molecular formula is C25H36FN5O3. The molecule has 1 amide bonds. The first-order valence-electron chi connectivity index (χ1n) is 11.8. The van der Waals surface area contributed by atoms with Crippen LogP contribution in [0.1, 0.15) is 46.2 Å². The lowest BCUT2D eigenvalue weighted by Crippen LogP contribution is -2.43. The van der Waals surface area contributed by atoms with Gasteiger partial charge in [-0.2, -0.15) is 0 Å². The molecule has 0 radical (unpaired) electrons. The maximum Gasteiger partial charge on any atom is 0.410 e. The number of hydrogen-bond acceptors (Lipinski definition) is 7. The van der Waals surface area contributed by atoms with E-state index in [2.05, 4.69) is 20.6 Å². The van der Waals surface area contributed by atoms with E-state index in [1.807, 2.05) is 33.8 Å². The smallest absolute Gasteiger partial charge is 0.410 e. The molecule has 0 bridgehead atoms. The number of anilines is 1. The van der Waals surface area contributed by atoms with Crippen molar-refractivity contribution in [3.8, 4) is 5.75 Å². The molecule has 1 aliphatic heterocycles. The number of likely N-dealkylation sites (tertiary alicyclic amines) is 1. The Labute approximate surface area is 201 Å². The second kappa shape index (κ2) is 12.0. The zero-order chi connectivity index (χ0) is 24.6. The minimum Gasteiger partial charge on any atom is -0.489 e. The third kappa shape index (κ3) is 8.78. The van der Waals surface area contributed by atoms with Gasteiger partial charge in [0.15, 0.2) is 0 Å². The van der Waals surface area contributed by atoms with Crippen molar-refractivity contribution in [2.75, 3.05) is 31.5 Å². The fraction of sp³-hybridized carbons (Fsp3) is 0.560. The van der Waals surface area contributed by atoms with E-state index in [-0.39, 0.29) is 18.0 Å². The highest BCUT2D eigenvalue weighted by Crippen LogP contribution is 2.19. The van der Waals surface area contributed by atoms with Gasteiger partial charge < -0.3 is 25.0 Å². The second-order valence-corrected chi connectivity index (χ2v) is 9.70. The molecule has 8 nitrogen and oxygen atoms in total. The van der Waals surface area contributed by atoms with Crippen molar-refractivity contribution < 1.29 is 18.7 Å². The van der Waals surface area contributed by atoms with Gasteiger partial charge in [0.25, 0.3) is 0 Å². The molecule has 0 aliphatic carbocycles. The van der Waals surface area contributed by atoms with E-state index in [4.69, 9.17) is 9.47 Å². The van der Waals surface area contributed by atoms with Crippen molar-refractivity contribution in [1.82, 2.24) is 20.2 Å². The van der Waals surface area contributed by atoms with Crippen molar-refractivity contribution in [3.05, 3.63) is 48.2 Å². The molecule has 2 heterocycles. The molecule has 186 valence electrons. The number of hydrogen-bond donors (Lipinski definition) is 2. The maximum absolute atomic E-state index is 13.0. The summed E-state index contributed by atoms with van der Waals surface area (Å²) in [6.45, 7) is 11.1. The zero-order valence-electron chi connectivity index (χ0n) is 20.5. The molecule has 1 fully saturated rings. The fourth-order valence-electron chi connectivity index (χ4n) is 3.68. The summed E-state index contributed by atoms with van der Waals surface area (Å²) in [5, 5.41) is 6.74. The molecule has 2 N–H and O–H groups in total. The number of nitrogens with one attached hydrogen (secondary N) is 2. The Morgan fingerprint density at radius 3 is 2.59 bits per heavy atom. The molecule has 0 saturated carbocycles. The molecule has 1 aliphatic rings. The average molecular weight is 474 g/mol. The van der Waals surface area contributed by atoms with Crippen LogP contribution in [0.2, 0.25) is 0 Å². The van der Waals surface area contributed by atoms with Gasteiger partial charge in [-0.25, -0.2) is 19.2 Å². The highest BCUT2D eigenvalue weighted by molar-refractivity contribution is 5.68. The van der Waals surface area contributed by atoms with Crippen molar-refractivity contribution in [2.45, 2.75) is 58.8 Å². The third-order valence-electron chi connectivity index (χ3n) is 5.45. The molecule has 2 aromatic rings. The molecule has 1 aromatic heterocycles. The lowest BCUT2D eigenvalue weighted by Gasteiger charge is -2.33. The molecule has 1 aromatic carbocycles. The normalized spacial score (nSPS) is 15.6. The first-order chi connectivity index (χ1) is 16.2. The number of benzene rings is 1. The van der Waals surface area contributed by atoms with Gasteiger partial charge in [0.05, 0.1) is 12.2 Å². The van der Waals surface area contributed by atoms with Crippen molar-refractivity contribution in [2.24, 2.45) is 5.92 Å². The van der Waals surface area contributed by atoms with E-state index in [1.165, 1.54) is 12.1 Å². The fourth-order valence-corrected chi connectivity index (χ4v) is 3.68. The number of halogens is 1. The van der Waals surface area contributed by atoms with Crippen LogP contribution in [0.3, 0.4) is 0 Å². The lowest BCUT2D eigenvalue weighted by molar-refractivity contribution is 0.0184. The predicted molar refractivity (Wildman–Crippen MR) is 129 cm³/mol. The van der Waals surface area contributed by atoms with E-state index in [0.717, 1.165) is 44.0 Å². The van der Waals surface area contributed by atoms with Crippen molar-refractivity contribution in [1.29, 1.82) is 0 Å². The van der Waals surface area contributed by atoms with Crippen LogP contribution >= 0.6 is 0 Å². The van der Waals surface area contributed by atoms with Gasteiger partial charge in [0.1, 0.15) is 35.4 Å². The monoisotopic (exact) mass is 473 g/mol. The third-order valence-corrected chi connectivity index (χ3v) is 5.45. The van der Waals surface area contributed by atoms with Crippen LogP contribution in [0.15, 0.2) is 36.7 Å². The summed E-state index contributed by atoms with van der Waals surface area (Å²) in [4.78, 5) is 22.6. The zero-order valence-corrected chi connectivity index (χ0v) is 20.5. The SMILES string of the molecule is CC(CNc1cc(CNCC2CCN(C(=O)OC(C)(C)C)CC2)ncn1)Oc1ccc(F)cc1. The summed E-state index contributed by atoms with van der Waals surface area (Å²) in [5.41, 5.74) is 0.435. The van der Waals surface area contributed by atoms with Gasteiger partial charge >= 0.3 is 6.09 Å². The first-order valence-corrected chi connectivity index (χ1v) is 11.8. The van der Waals surface area contributed by atoms with Gasteiger partial charge in [-0.1, -0.05) is 0 Å². The van der Waals surface area contributed by atoms with Crippen molar-refractivity contribution in [3.63, 3.8) is 0 Å². The molecule has 9 heteroatoms. The number of rotatable bonds is 9. The van der Waals surface area contributed by atoms with Crippen LogP contribution in [-0.4, -0.2) is 58.8 Å². The minimum absolute atomic E-state index is 0.117. The summed E-state index contributed by atoms with van der Waals surface area (Å²) < 4.78 is 24.3. The lowest BCUT2D eigenvalue weighted by atomic mass is 9.97. The number of carbonyl (C=O) groups is 1. The standard InChI is InChI=1S/C25H36FN5O3/c1-18(33-22-7-5-20(26)6-8-22)14-28-23-13-21(29-17-30-23)16-27-15-19-9-11-31(12-10-19)24(32)34-25(2,3)4/h5-8,13,17-19,27H,9-12,14-16H2,1-4H3,(H,28,29,30). The largest absolute Gasteiger partial charge is 0.489 e. The Morgan fingerprint density at radius 2 is 1.91 bits per heavy atom. The Kier molecular flexibility index (Phi) is 9.04. The highest BCUT2D eigenvalue weighted by atomic mass is 19.1. The number of carbonyl (C=O) groups excluding carboxylic acids is 1. The summed E-state index contributed by atoms with van der Waals surface area (Å²) in [6.07, 6.45) is 3.11. The Bertz CT molecular complexity index is 912. The van der Waals surface area contributed by atoms with E-state index in [0.29, 0.717) is 24.8 Å². The van der Waals surface area contributed by atoms with Crippen LogP contribution in [0.5, 0.6) is 5.75 Å². The van der Waals surface area contributed by atoms with Gasteiger partial charge in [-0.3, -0.25) is 0 Å². The van der Waals surface area contributed by atoms with Gasteiger partial charge in [0, 0.05) is 25.7 Å². The Balaban J connectivity index is 1.35. The van der Waals surface area contributed by atoms with Crippen LogP contribution < -0.4 is 15.4 Å². The van der Waals surface area contributed by atoms with Crippen LogP contribution in [0, 0.1) is 11.7 Å². The summed E-state index contributed by atoms with van der Waals surface area (Å²) in [5.74, 6) is 1.58. The van der Waals surface area contributed by atoms with Crippen LogP contribution in [0.4, 0.5) is 15.0 Å². The number of aromatic nitrogens is 2. The Hall–Kier alpha value is -2.94. The number of amides is 1. The first kappa shape index (κ1) is 25.7. The maximum atomic E-state index is 13.0. The summed E-state index contributed by atoms with van der Waals surface area (Å²) in [7, 11) is 0. The van der Waals surface area contributed by atoms with Crippen molar-refractivity contribution >= 4 is 11.9 Å². The van der Waals surface area contributed by atoms with Crippen LogP contribution in [0.25, 0.3) is 0 Å². The van der Waals surface area contributed by atoms with Crippen LogP contribution in [-0.2, 0) is 11.3 Å². The number of nitrogens with zero attached hydrogens (tertiary/aromatic N) is 3. The summed E-state index contributed by atoms with van der Waals surface area (Å²) >= 11 is 0. The molecular weight excluding hydrogens is 437 g/mol. The highest BCUT2D eigenvalue weighted by Gasteiger charge is 2.26. The average Bonchev–Trinajstić information content (AvgIpc) is 2.79. The molecule has 0 spiro atoms. The number of ether oxygens (including phenoxy) is 2. The van der Waals surface area contributed by atoms with Gasteiger partial charge in [0.2, 0.25) is 0 Å².